The molecular weight excluding hydrogens is 258 g/mol. The predicted octanol–water partition coefficient (Wildman–Crippen LogP) is 1.89. The Bertz CT molecular complexity index is 431. The fraction of sp³-hybridized carbons (Fsp3) is 0.857. The Balaban J connectivity index is 2.26. The van der Waals surface area contributed by atoms with Crippen LogP contribution in [-0.4, -0.2) is 28.0 Å². The number of aromatic nitrogens is 2. The van der Waals surface area contributed by atoms with E-state index in [-0.39, 0.29) is 5.89 Å². The Morgan fingerprint density at radius 2 is 2.35 bits per heavy atom. The molecule has 0 spiro atoms. The molecule has 1 aromatic heterocycles. The Hall–Kier alpha value is -0.980. The summed E-state index contributed by atoms with van der Waals surface area (Å²) in [4.78, 5) is 4.39. The van der Waals surface area contributed by atoms with Gasteiger partial charge in [-0.15, -0.1) is 0 Å². The van der Waals surface area contributed by atoms with Crippen molar-refractivity contribution in [3.8, 4) is 0 Å². The van der Waals surface area contributed by atoms with Crippen LogP contribution in [0.15, 0.2) is 4.52 Å². The van der Waals surface area contributed by atoms with Gasteiger partial charge in [0.05, 0.1) is 6.10 Å². The summed E-state index contributed by atoms with van der Waals surface area (Å²) in [5, 5.41) is 13.6. The van der Waals surface area contributed by atoms with E-state index in [2.05, 4.69) is 17.1 Å². The first-order chi connectivity index (χ1) is 9.48. The van der Waals surface area contributed by atoms with Crippen LogP contribution in [0.1, 0.15) is 64.2 Å². The van der Waals surface area contributed by atoms with E-state index >= 15 is 0 Å². The van der Waals surface area contributed by atoms with Crippen LogP contribution >= 0.6 is 0 Å². The van der Waals surface area contributed by atoms with E-state index in [1.807, 2.05) is 6.92 Å². The maximum absolute atomic E-state index is 9.52. The maximum atomic E-state index is 9.52. The van der Waals surface area contributed by atoms with Gasteiger partial charge in [-0.3, -0.25) is 0 Å². The minimum atomic E-state index is -0.725. The zero-order valence-electron chi connectivity index (χ0n) is 12.5. The first kappa shape index (κ1) is 15.4. The summed E-state index contributed by atoms with van der Waals surface area (Å²) >= 11 is 0. The molecule has 0 radical (unpaired) electrons. The number of rotatable bonds is 5. The summed E-state index contributed by atoms with van der Waals surface area (Å²) < 4.78 is 11.2. The average molecular weight is 283 g/mol. The molecule has 6 nitrogen and oxygen atoms in total. The highest BCUT2D eigenvalue weighted by atomic mass is 16.5. The first-order valence-corrected chi connectivity index (χ1v) is 7.40. The molecule has 3 N–H and O–H groups in total. The van der Waals surface area contributed by atoms with E-state index in [4.69, 9.17) is 15.0 Å². The lowest BCUT2D eigenvalue weighted by molar-refractivity contribution is -0.0891. The molecule has 114 valence electrons. The molecule has 0 amide bonds. The maximum Gasteiger partial charge on any atom is 0.246 e. The molecule has 2 rings (SSSR count). The van der Waals surface area contributed by atoms with Crippen LogP contribution in [0.3, 0.4) is 0 Å². The third kappa shape index (κ3) is 3.02. The predicted molar refractivity (Wildman–Crippen MR) is 73.8 cm³/mol. The molecule has 6 heteroatoms. The second-order valence-electron chi connectivity index (χ2n) is 5.85. The molecule has 0 aliphatic heterocycles. The van der Waals surface area contributed by atoms with Crippen molar-refractivity contribution in [3.63, 3.8) is 0 Å². The van der Waals surface area contributed by atoms with Gasteiger partial charge < -0.3 is 20.1 Å². The molecular formula is C14H25N3O3. The van der Waals surface area contributed by atoms with Crippen molar-refractivity contribution in [2.75, 3.05) is 6.61 Å². The molecule has 4 atom stereocenters. The van der Waals surface area contributed by atoms with E-state index in [1.54, 1.807) is 6.92 Å². The topological polar surface area (TPSA) is 94.4 Å². The van der Waals surface area contributed by atoms with E-state index in [0.717, 1.165) is 19.3 Å². The Morgan fingerprint density at radius 3 is 2.95 bits per heavy atom. The van der Waals surface area contributed by atoms with Gasteiger partial charge in [-0.2, -0.15) is 4.98 Å². The molecule has 1 fully saturated rings. The van der Waals surface area contributed by atoms with Crippen LogP contribution in [0.4, 0.5) is 0 Å². The first-order valence-electron chi connectivity index (χ1n) is 7.40. The van der Waals surface area contributed by atoms with Gasteiger partial charge in [0.25, 0.3) is 0 Å². The lowest BCUT2D eigenvalue weighted by Gasteiger charge is -2.37. The highest BCUT2D eigenvalue weighted by molar-refractivity contribution is 5.06. The molecule has 1 aliphatic rings. The minimum Gasteiger partial charge on any atom is -0.391 e. The number of aliphatic hydroxyl groups is 1. The number of nitrogens with two attached hydrogens (primary N) is 1. The Kier molecular flexibility index (Phi) is 4.78. The van der Waals surface area contributed by atoms with Crippen LogP contribution in [-0.2, 0) is 10.3 Å². The normalized spacial score (nSPS) is 30.1. The zero-order valence-corrected chi connectivity index (χ0v) is 12.5. The molecule has 0 aromatic carbocycles. The fourth-order valence-corrected chi connectivity index (χ4v) is 2.94. The number of aliphatic hydroxyl groups excluding tert-OH is 1. The molecule has 1 aliphatic carbocycles. The smallest absolute Gasteiger partial charge is 0.246 e. The quantitative estimate of drug-likeness (QED) is 0.857. The summed E-state index contributed by atoms with van der Waals surface area (Å²) in [7, 11) is 0. The van der Waals surface area contributed by atoms with Gasteiger partial charge in [0.15, 0.2) is 0 Å². The highest BCUT2D eigenvalue weighted by Crippen LogP contribution is 2.41. The second kappa shape index (κ2) is 6.20. The summed E-state index contributed by atoms with van der Waals surface area (Å²) in [6.45, 7) is 6.41. The van der Waals surface area contributed by atoms with Crippen LogP contribution in [0.2, 0.25) is 0 Å². The van der Waals surface area contributed by atoms with Crippen LogP contribution < -0.4 is 5.73 Å². The SMILES string of the molecule is CCOC1(c2noc(C(N)C(C)O)n2)CCCC(C)C1. The van der Waals surface area contributed by atoms with Crippen molar-refractivity contribution >= 4 is 0 Å². The minimum absolute atomic E-state index is 0.271. The number of ether oxygens (including phenoxy) is 1. The molecule has 0 bridgehead atoms. The largest absolute Gasteiger partial charge is 0.391 e. The second-order valence-corrected chi connectivity index (χ2v) is 5.85. The van der Waals surface area contributed by atoms with Crippen molar-refractivity contribution in [3.05, 3.63) is 11.7 Å². The zero-order chi connectivity index (χ0) is 14.8. The van der Waals surface area contributed by atoms with Crippen LogP contribution in [0, 0.1) is 5.92 Å². The van der Waals surface area contributed by atoms with Crippen molar-refractivity contribution in [1.82, 2.24) is 10.1 Å². The van der Waals surface area contributed by atoms with Crippen LogP contribution in [0.25, 0.3) is 0 Å². The van der Waals surface area contributed by atoms with Crippen molar-refractivity contribution in [2.24, 2.45) is 11.7 Å². The number of hydrogen-bond donors (Lipinski definition) is 2. The lowest BCUT2D eigenvalue weighted by atomic mass is 9.78. The van der Waals surface area contributed by atoms with E-state index in [1.165, 1.54) is 6.42 Å². The van der Waals surface area contributed by atoms with Crippen molar-refractivity contribution < 1.29 is 14.4 Å². The van der Waals surface area contributed by atoms with E-state index in [0.29, 0.717) is 18.3 Å². The lowest BCUT2D eigenvalue weighted by Crippen LogP contribution is -2.36. The van der Waals surface area contributed by atoms with Gasteiger partial charge in [0, 0.05) is 6.61 Å². The van der Waals surface area contributed by atoms with Gasteiger partial charge in [-0.05, 0) is 39.0 Å². The van der Waals surface area contributed by atoms with Gasteiger partial charge >= 0.3 is 0 Å². The molecule has 0 saturated heterocycles. The molecule has 1 saturated carbocycles. The molecule has 1 aromatic rings. The van der Waals surface area contributed by atoms with Crippen molar-refractivity contribution in [2.45, 2.75) is 64.2 Å². The number of hydrogen-bond acceptors (Lipinski definition) is 6. The van der Waals surface area contributed by atoms with Gasteiger partial charge in [0.2, 0.25) is 11.7 Å². The molecule has 20 heavy (non-hydrogen) atoms. The average Bonchev–Trinajstić information content (AvgIpc) is 2.88. The third-order valence-electron chi connectivity index (χ3n) is 4.03. The van der Waals surface area contributed by atoms with E-state index in [9.17, 15) is 5.11 Å². The summed E-state index contributed by atoms with van der Waals surface area (Å²) in [5.74, 6) is 1.41. The monoisotopic (exact) mass is 283 g/mol. The fourth-order valence-electron chi connectivity index (χ4n) is 2.94. The third-order valence-corrected chi connectivity index (χ3v) is 4.03. The Morgan fingerprint density at radius 1 is 1.60 bits per heavy atom. The van der Waals surface area contributed by atoms with Gasteiger partial charge in [0.1, 0.15) is 11.6 Å². The van der Waals surface area contributed by atoms with Gasteiger partial charge in [-0.1, -0.05) is 18.5 Å². The van der Waals surface area contributed by atoms with E-state index < -0.39 is 17.7 Å². The van der Waals surface area contributed by atoms with Crippen molar-refractivity contribution in [1.29, 1.82) is 0 Å². The summed E-state index contributed by atoms with van der Waals surface area (Å²) in [6, 6.07) is -0.657. The highest BCUT2D eigenvalue weighted by Gasteiger charge is 2.42. The Labute approximate surface area is 119 Å². The summed E-state index contributed by atoms with van der Waals surface area (Å²) in [5.41, 5.74) is 5.37. The molecule has 1 heterocycles. The van der Waals surface area contributed by atoms with Gasteiger partial charge in [-0.25, -0.2) is 0 Å². The number of nitrogens with zero attached hydrogens (tertiary/aromatic N) is 2. The van der Waals surface area contributed by atoms with Crippen LogP contribution in [0.5, 0.6) is 0 Å². The summed E-state index contributed by atoms with van der Waals surface area (Å²) in [6.07, 6.45) is 3.36. The molecule has 4 unspecified atom stereocenters. The standard InChI is InChI=1S/C14H25N3O3/c1-4-19-14(7-5-6-9(2)8-14)13-16-12(20-17-13)11(15)10(3)18/h9-11,18H,4-8,15H2,1-3H3.